The van der Waals surface area contributed by atoms with Gasteiger partial charge >= 0.3 is 0 Å². The zero-order valence-corrected chi connectivity index (χ0v) is 11.0. The van der Waals surface area contributed by atoms with Crippen molar-refractivity contribution >= 4 is 48.5 Å². The maximum absolute atomic E-state index is 4.55. The van der Waals surface area contributed by atoms with Crippen molar-refractivity contribution in [2.24, 2.45) is 0 Å². The van der Waals surface area contributed by atoms with E-state index >= 15 is 0 Å². The fourth-order valence-electron chi connectivity index (χ4n) is 2.53. The Morgan fingerprint density at radius 2 is 1.67 bits per heavy atom. The lowest BCUT2D eigenvalue weighted by Crippen LogP contribution is -1.79. The van der Waals surface area contributed by atoms with E-state index in [1.54, 1.807) is 0 Å². The molecule has 3 heteroatoms. The SMILES string of the molecule is Brc1nc2c(ccc3ccc4ccccc4c32)[nH]1. The molecule has 0 atom stereocenters. The number of H-pyrrole nitrogens is 1. The minimum atomic E-state index is 0.776. The Kier molecular flexibility index (Phi) is 2.00. The van der Waals surface area contributed by atoms with Crippen LogP contribution in [0, 0.1) is 0 Å². The van der Waals surface area contributed by atoms with Gasteiger partial charge in [-0.1, -0.05) is 42.5 Å². The third-order valence-electron chi connectivity index (χ3n) is 3.33. The molecular formula is C15H9BrN2. The van der Waals surface area contributed by atoms with Crippen LogP contribution in [0.4, 0.5) is 0 Å². The highest BCUT2D eigenvalue weighted by atomic mass is 79.9. The van der Waals surface area contributed by atoms with E-state index in [1.807, 2.05) is 0 Å². The molecule has 18 heavy (non-hydrogen) atoms. The predicted molar refractivity (Wildman–Crippen MR) is 78.8 cm³/mol. The maximum Gasteiger partial charge on any atom is 0.175 e. The van der Waals surface area contributed by atoms with Crippen LogP contribution >= 0.6 is 15.9 Å². The fraction of sp³-hybridized carbons (Fsp3) is 0. The number of rotatable bonds is 0. The number of aromatic amines is 1. The largest absolute Gasteiger partial charge is 0.332 e. The Labute approximate surface area is 112 Å². The molecule has 0 unspecified atom stereocenters. The first kappa shape index (κ1) is 10.1. The van der Waals surface area contributed by atoms with Crippen molar-refractivity contribution in [2.45, 2.75) is 0 Å². The lowest BCUT2D eigenvalue weighted by Gasteiger charge is -2.04. The van der Waals surface area contributed by atoms with Crippen molar-refractivity contribution in [3.05, 3.63) is 53.3 Å². The van der Waals surface area contributed by atoms with E-state index in [2.05, 4.69) is 74.4 Å². The molecule has 1 N–H and O–H groups in total. The molecule has 4 rings (SSSR count). The average Bonchev–Trinajstić information content (AvgIpc) is 2.78. The van der Waals surface area contributed by atoms with E-state index in [0.717, 1.165) is 15.8 Å². The van der Waals surface area contributed by atoms with Crippen LogP contribution in [-0.2, 0) is 0 Å². The van der Waals surface area contributed by atoms with Gasteiger partial charge in [-0.25, -0.2) is 4.98 Å². The Morgan fingerprint density at radius 3 is 2.61 bits per heavy atom. The lowest BCUT2D eigenvalue weighted by atomic mass is 10.0. The highest BCUT2D eigenvalue weighted by molar-refractivity contribution is 9.10. The molecule has 2 nitrogen and oxygen atoms in total. The molecule has 0 fully saturated rings. The first-order valence-electron chi connectivity index (χ1n) is 5.78. The first-order chi connectivity index (χ1) is 8.83. The summed E-state index contributed by atoms with van der Waals surface area (Å²) in [5.41, 5.74) is 2.09. The summed E-state index contributed by atoms with van der Waals surface area (Å²) in [6, 6.07) is 16.9. The van der Waals surface area contributed by atoms with Crippen LogP contribution in [0.1, 0.15) is 0 Å². The van der Waals surface area contributed by atoms with Gasteiger partial charge in [-0.05, 0) is 38.2 Å². The molecule has 0 spiro atoms. The number of halogens is 1. The summed E-state index contributed by atoms with van der Waals surface area (Å²) in [6.45, 7) is 0. The van der Waals surface area contributed by atoms with Gasteiger partial charge in [0, 0.05) is 5.39 Å². The number of aromatic nitrogens is 2. The van der Waals surface area contributed by atoms with Crippen molar-refractivity contribution in [1.82, 2.24) is 9.97 Å². The smallest absolute Gasteiger partial charge is 0.175 e. The second kappa shape index (κ2) is 3.56. The average molecular weight is 297 g/mol. The zero-order chi connectivity index (χ0) is 12.1. The van der Waals surface area contributed by atoms with Crippen LogP contribution in [0.2, 0.25) is 0 Å². The summed E-state index contributed by atoms with van der Waals surface area (Å²) < 4.78 is 0.776. The molecule has 0 aliphatic carbocycles. The van der Waals surface area contributed by atoms with Gasteiger partial charge in [0.2, 0.25) is 0 Å². The van der Waals surface area contributed by atoms with E-state index in [1.165, 1.54) is 21.5 Å². The van der Waals surface area contributed by atoms with Gasteiger partial charge in [0.1, 0.15) is 0 Å². The van der Waals surface area contributed by atoms with E-state index in [0.29, 0.717) is 0 Å². The molecule has 0 amide bonds. The Bertz CT molecular complexity index is 893. The fourth-order valence-corrected chi connectivity index (χ4v) is 2.92. The van der Waals surface area contributed by atoms with E-state index < -0.39 is 0 Å². The molecule has 1 heterocycles. The second-order valence-electron chi connectivity index (χ2n) is 4.37. The maximum atomic E-state index is 4.55. The number of nitrogens with one attached hydrogen (secondary N) is 1. The minimum absolute atomic E-state index is 0.776. The van der Waals surface area contributed by atoms with E-state index in [4.69, 9.17) is 0 Å². The Morgan fingerprint density at radius 1 is 0.889 bits per heavy atom. The van der Waals surface area contributed by atoms with Gasteiger partial charge < -0.3 is 4.98 Å². The second-order valence-corrected chi connectivity index (χ2v) is 5.13. The van der Waals surface area contributed by atoms with Gasteiger partial charge in [0.25, 0.3) is 0 Å². The summed E-state index contributed by atoms with van der Waals surface area (Å²) in [5, 5.41) is 4.93. The summed E-state index contributed by atoms with van der Waals surface area (Å²) in [6.07, 6.45) is 0. The number of imidazole rings is 1. The van der Waals surface area contributed by atoms with Crippen molar-refractivity contribution in [2.75, 3.05) is 0 Å². The van der Waals surface area contributed by atoms with Crippen LogP contribution in [0.25, 0.3) is 32.6 Å². The third kappa shape index (κ3) is 1.31. The van der Waals surface area contributed by atoms with Gasteiger partial charge in [-0.2, -0.15) is 0 Å². The molecule has 0 saturated carbocycles. The van der Waals surface area contributed by atoms with Crippen LogP contribution < -0.4 is 0 Å². The number of fused-ring (bicyclic) bond motifs is 5. The van der Waals surface area contributed by atoms with Crippen LogP contribution in [0.15, 0.2) is 53.3 Å². The molecule has 0 bridgehead atoms. The van der Waals surface area contributed by atoms with E-state index in [9.17, 15) is 0 Å². The molecule has 0 saturated heterocycles. The Balaban J connectivity index is 2.37. The molecular weight excluding hydrogens is 288 g/mol. The van der Waals surface area contributed by atoms with Crippen molar-refractivity contribution in [1.29, 1.82) is 0 Å². The van der Waals surface area contributed by atoms with Gasteiger partial charge in [-0.3, -0.25) is 0 Å². The van der Waals surface area contributed by atoms with Crippen molar-refractivity contribution in [3.63, 3.8) is 0 Å². The molecule has 4 aromatic rings. The summed E-state index contributed by atoms with van der Waals surface area (Å²) in [5.74, 6) is 0. The normalized spacial score (nSPS) is 11.6. The number of hydrogen-bond acceptors (Lipinski definition) is 1. The number of hydrogen-bond donors (Lipinski definition) is 1. The van der Waals surface area contributed by atoms with Gasteiger partial charge in [0.15, 0.2) is 4.73 Å². The number of nitrogens with zero attached hydrogens (tertiary/aromatic N) is 1. The van der Waals surface area contributed by atoms with Crippen molar-refractivity contribution < 1.29 is 0 Å². The quantitative estimate of drug-likeness (QED) is 0.471. The van der Waals surface area contributed by atoms with Gasteiger partial charge in [-0.15, -0.1) is 0 Å². The molecule has 86 valence electrons. The van der Waals surface area contributed by atoms with Crippen molar-refractivity contribution in [3.8, 4) is 0 Å². The van der Waals surface area contributed by atoms with Crippen LogP contribution in [0.3, 0.4) is 0 Å². The van der Waals surface area contributed by atoms with Gasteiger partial charge in [0.05, 0.1) is 11.0 Å². The standard InChI is InChI=1S/C15H9BrN2/c16-15-17-12-8-7-10-6-5-9-3-1-2-4-11(9)13(10)14(12)18-15/h1-8H,(H,17,18). The summed E-state index contributed by atoms with van der Waals surface area (Å²) >= 11 is 3.41. The lowest BCUT2D eigenvalue weighted by molar-refractivity contribution is 1.27. The predicted octanol–water partition coefficient (Wildman–Crippen LogP) is 4.63. The zero-order valence-electron chi connectivity index (χ0n) is 9.44. The highest BCUT2D eigenvalue weighted by Gasteiger charge is 2.08. The van der Waals surface area contributed by atoms with Crippen LogP contribution in [0.5, 0.6) is 0 Å². The molecule has 0 radical (unpaired) electrons. The number of benzene rings is 3. The van der Waals surface area contributed by atoms with E-state index in [-0.39, 0.29) is 0 Å². The molecule has 3 aromatic carbocycles. The topological polar surface area (TPSA) is 28.7 Å². The molecule has 0 aliphatic heterocycles. The Hall–Kier alpha value is -1.87. The minimum Gasteiger partial charge on any atom is -0.332 e. The summed E-state index contributed by atoms with van der Waals surface area (Å²) in [7, 11) is 0. The molecule has 1 aromatic heterocycles. The monoisotopic (exact) mass is 296 g/mol. The summed E-state index contributed by atoms with van der Waals surface area (Å²) in [4.78, 5) is 7.77. The highest BCUT2D eigenvalue weighted by Crippen LogP contribution is 2.31. The van der Waals surface area contributed by atoms with Crippen LogP contribution in [-0.4, -0.2) is 9.97 Å². The third-order valence-corrected chi connectivity index (χ3v) is 3.71. The molecule has 0 aliphatic rings. The first-order valence-corrected chi connectivity index (χ1v) is 6.58.